The first kappa shape index (κ1) is 11.8. The highest BCUT2D eigenvalue weighted by atomic mass is 16.4. The second-order valence-electron chi connectivity index (χ2n) is 3.90. The first-order chi connectivity index (χ1) is 6.99. The van der Waals surface area contributed by atoms with Crippen molar-refractivity contribution in [1.29, 1.82) is 0 Å². The smallest absolute Gasteiger partial charge is 0.256 e. The van der Waals surface area contributed by atoms with Crippen LogP contribution < -0.4 is 9.67 Å². The number of hydrogen-bond acceptors (Lipinski definition) is 2. The fourth-order valence-corrected chi connectivity index (χ4v) is 1.71. The number of rotatable bonds is 4. The van der Waals surface area contributed by atoms with Gasteiger partial charge < -0.3 is 9.90 Å². The Morgan fingerprint density at radius 1 is 1.67 bits per heavy atom. The average molecular weight is 210 g/mol. The normalized spacial score (nSPS) is 12.8. The van der Waals surface area contributed by atoms with E-state index in [4.69, 9.17) is 0 Å². The third kappa shape index (κ3) is 2.19. The van der Waals surface area contributed by atoms with Crippen molar-refractivity contribution in [3.05, 3.63) is 17.7 Å². The van der Waals surface area contributed by atoms with Gasteiger partial charge in [-0.3, -0.25) is 0 Å². The van der Waals surface area contributed by atoms with Crippen molar-refractivity contribution >= 4 is 5.97 Å². The highest BCUT2D eigenvalue weighted by Crippen LogP contribution is 2.06. The van der Waals surface area contributed by atoms with Crippen LogP contribution in [-0.2, 0) is 18.3 Å². The zero-order chi connectivity index (χ0) is 11.6. The molecule has 0 fully saturated rings. The van der Waals surface area contributed by atoms with Gasteiger partial charge in [0.15, 0.2) is 0 Å². The van der Waals surface area contributed by atoms with Crippen LogP contribution in [0.5, 0.6) is 0 Å². The van der Waals surface area contributed by atoms with E-state index in [1.807, 2.05) is 24.7 Å². The second-order valence-corrected chi connectivity index (χ2v) is 3.90. The number of aryl methyl sites for hydroxylation is 1. The number of carboxylic acid groups (broad SMARTS) is 1. The van der Waals surface area contributed by atoms with Crippen LogP contribution in [0.4, 0.5) is 0 Å². The maximum atomic E-state index is 10.8. The molecule has 1 aromatic rings. The van der Waals surface area contributed by atoms with Gasteiger partial charge >= 0.3 is 0 Å². The number of hydrogen-bond donors (Lipinski definition) is 0. The summed E-state index contributed by atoms with van der Waals surface area (Å²) in [6.07, 6.45) is 3.74. The molecule has 0 aliphatic carbocycles. The van der Waals surface area contributed by atoms with Gasteiger partial charge in [-0.25, -0.2) is 9.13 Å². The van der Waals surface area contributed by atoms with Crippen LogP contribution in [-0.4, -0.2) is 10.5 Å². The van der Waals surface area contributed by atoms with Crippen molar-refractivity contribution in [2.45, 2.75) is 39.7 Å². The number of aliphatic carboxylic acids is 1. The number of nitrogens with zero attached hydrogens (tertiary/aromatic N) is 2. The van der Waals surface area contributed by atoms with Gasteiger partial charge in [0.2, 0.25) is 0 Å². The van der Waals surface area contributed by atoms with E-state index in [2.05, 4.69) is 6.92 Å². The summed E-state index contributed by atoms with van der Waals surface area (Å²) in [6, 6.07) is -0.605. The first-order valence-corrected chi connectivity index (χ1v) is 5.26. The van der Waals surface area contributed by atoms with Crippen molar-refractivity contribution in [2.24, 2.45) is 7.05 Å². The zero-order valence-electron chi connectivity index (χ0n) is 9.78. The standard InChI is InChI=1S/C11H18N2O2/c1-5-6-10-12(4)8(2)7-13(10)9(3)11(14)15/h7,9H,5-6H2,1-4H3. The summed E-state index contributed by atoms with van der Waals surface area (Å²) in [5, 5.41) is 10.8. The molecule has 1 heterocycles. The fourth-order valence-electron chi connectivity index (χ4n) is 1.71. The van der Waals surface area contributed by atoms with Gasteiger partial charge in [-0.2, -0.15) is 0 Å². The van der Waals surface area contributed by atoms with E-state index in [-0.39, 0.29) is 0 Å². The minimum absolute atomic E-state index is 0.605. The molecule has 0 aromatic carbocycles. The van der Waals surface area contributed by atoms with Crippen LogP contribution in [0.2, 0.25) is 0 Å². The SMILES string of the molecule is CCCc1n(C)c(C)c[n+]1C(C)C(=O)[O-]. The summed E-state index contributed by atoms with van der Waals surface area (Å²) in [4.78, 5) is 10.8. The molecule has 4 heteroatoms. The highest BCUT2D eigenvalue weighted by molar-refractivity contribution is 5.66. The lowest BCUT2D eigenvalue weighted by Crippen LogP contribution is -2.49. The average Bonchev–Trinajstić information content (AvgIpc) is 2.45. The third-order valence-electron chi connectivity index (χ3n) is 2.77. The predicted octanol–water partition coefficient (Wildman–Crippen LogP) is -0.116. The molecule has 0 bridgehead atoms. The summed E-state index contributed by atoms with van der Waals surface area (Å²) in [5.41, 5.74) is 1.06. The summed E-state index contributed by atoms with van der Waals surface area (Å²) in [7, 11) is 1.96. The molecular weight excluding hydrogens is 192 g/mol. The van der Waals surface area contributed by atoms with Gasteiger partial charge in [-0.15, -0.1) is 0 Å². The molecule has 0 saturated carbocycles. The lowest BCUT2D eigenvalue weighted by molar-refractivity contribution is -0.719. The minimum atomic E-state index is -1.04. The van der Waals surface area contributed by atoms with Gasteiger partial charge in [-0.05, 0) is 13.3 Å². The minimum Gasteiger partial charge on any atom is -0.546 e. The Morgan fingerprint density at radius 2 is 2.27 bits per heavy atom. The number of carboxylic acids is 1. The Balaban J connectivity index is 3.16. The van der Waals surface area contributed by atoms with Crippen LogP contribution in [0.15, 0.2) is 6.20 Å². The quantitative estimate of drug-likeness (QED) is 0.651. The van der Waals surface area contributed by atoms with Crippen LogP contribution >= 0.6 is 0 Å². The Kier molecular flexibility index (Phi) is 3.50. The Morgan fingerprint density at radius 3 is 2.73 bits per heavy atom. The van der Waals surface area contributed by atoms with Gasteiger partial charge in [0.05, 0.1) is 13.0 Å². The molecule has 15 heavy (non-hydrogen) atoms. The summed E-state index contributed by atoms with van der Waals surface area (Å²) < 4.78 is 3.82. The van der Waals surface area contributed by atoms with Crippen molar-refractivity contribution < 1.29 is 14.5 Å². The molecule has 0 N–H and O–H groups in total. The number of carbonyl (C=O) groups excluding carboxylic acids is 1. The van der Waals surface area contributed by atoms with E-state index >= 15 is 0 Å². The number of aromatic nitrogens is 2. The molecule has 84 valence electrons. The molecule has 0 aliphatic heterocycles. The Hall–Kier alpha value is -1.32. The van der Waals surface area contributed by atoms with Gasteiger partial charge in [0.1, 0.15) is 17.9 Å². The molecule has 0 amide bonds. The second kappa shape index (κ2) is 4.47. The van der Waals surface area contributed by atoms with Crippen molar-refractivity contribution in [3.8, 4) is 0 Å². The van der Waals surface area contributed by atoms with Crippen LogP contribution in [0.3, 0.4) is 0 Å². The van der Waals surface area contributed by atoms with Gasteiger partial charge in [0, 0.05) is 13.3 Å². The van der Waals surface area contributed by atoms with Crippen molar-refractivity contribution in [1.82, 2.24) is 4.57 Å². The molecule has 1 rings (SSSR count). The van der Waals surface area contributed by atoms with E-state index in [9.17, 15) is 9.90 Å². The molecule has 1 atom stereocenters. The van der Waals surface area contributed by atoms with E-state index in [1.54, 1.807) is 11.5 Å². The lowest BCUT2D eigenvalue weighted by atomic mass is 10.3. The summed E-state index contributed by atoms with van der Waals surface area (Å²) >= 11 is 0. The van der Waals surface area contributed by atoms with Crippen LogP contribution in [0.1, 0.15) is 37.8 Å². The molecule has 0 radical (unpaired) electrons. The molecule has 4 nitrogen and oxygen atoms in total. The van der Waals surface area contributed by atoms with E-state index in [0.29, 0.717) is 0 Å². The van der Waals surface area contributed by atoms with Gasteiger partial charge in [-0.1, -0.05) is 6.92 Å². The van der Waals surface area contributed by atoms with Crippen LogP contribution in [0, 0.1) is 6.92 Å². The highest BCUT2D eigenvalue weighted by Gasteiger charge is 2.22. The third-order valence-corrected chi connectivity index (χ3v) is 2.77. The van der Waals surface area contributed by atoms with E-state index < -0.39 is 12.0 Å². The van der Waals surface area contributed by atoms with Crippen LogP contribution in [0.25, 0.3) is 0 Å². The zero-order valence-corrected chi connectivity index (χ0v) is 9.78. The Labute approximate surface area is 90.2 Å². The van der Waals surface area contributed by atoms with Gasteiger partial charge in [0.25, 0.3) is 5.82 Å². The largest absolute Gasteiger partial charge is 0.546 e. The predicted molar refractivity (Wildman–Crippen MR) is 54.1 cm³/mol. The van der Waals surface area contributed by atoms with Crippen molar-refractivity contribution in [3.63, 3.8) is 0 Å². The fraction of sp³-hybridized carbons (Fsp3) is 0.636. The molecule has 0 aliphatic rings. The number of carbonyl (C=O) groups is 1. The van der Waals surface area contributed by atoms with E-state index in [1.165, 1.54) is 0 Å². The van der Waals surface area contributed by atoms with Crippen molar-refractivity contribution in [2.75, 3.05) is 0 Å². The lowest BCUT2D eigenvalue weighted by Gasteiger charge is -2.11. The molecule has 0 saturated heterocycles. The number of imidazole rings is 1. The molecule has 1 aromatic heterocycles. The summed E-state index contributed by atoms with van der Waals surface area (Å²) in [5.74, 6) is -0.00495. The topological polar surface area (TPSA) is 48.9 Å². The first-order valence-electron chi connectivity index (χ1n) is 5.26. The molecule has 0 spiro atoms. The maximum Gasteiger partial charge on any atom is 0.256 e. The molecular formula is C11H18N2O2. The van der Waals surface area contributed by atoms with E-state index in [0.717, 1.165) is 24.4 Å². The molecule has 1 unspecified atom stereocenters. The summed E-state index contributed by atoms with van der Waals surface area (Å²) in [6.45, 7) is 5.70. The maximum absolute atomic E-state index is 10.8. The monoisotopic (exact) mass is 210 g/mol. The Bertz CT molecular complexity index is 369.